The Morgan fingerprint density at radius 1 is 1.10 bits per heavy atom. The Labute approximate surface area is 184 Å². The summed E-state index contributed by atoms with van der Waals surface area (Å²) in [7, 11) is -5.41. The summed E-state index contributed by atoms with van der Waals surface area (Å²) in [5.74, 6) is -0.205. The van der Waals surface area contributed by atoms with Crippen molar-refractivity contribution in [2.24, 2.45) is 0 Å². The van der Waals surface area contributed by atoms with Crippen molar-refractivity contribution in [3.63, 3.8) is 0 Å². The first kappa shape index (κ1) is 23.5. The first-order chi connectivity index (χ1) is 14.5. The van der Waals surface area contributed by atoms with E-state index in [1.165, 1.54) is 34.8 Å². The number of carbonyl (C=O) groups is 1. The van der Waals surface area contributed by atoms with Crippen molar-refractivity contribution in [3.8, 4) is 10.6 Å². The Bertz CT molecular complexity index is 1180. The van der Waals surface area contributed by atoms with Gasteiger partial charge in [-0.25, -0.2) is 18.4 Å². The number of Topliss-reactive ketones (excluding diaryl/α,β-unsaturated/α-hetero) is 1. The van der Waals surface area contributed by atoms with Gasteiger partial charge in [0.05, 0.1) is 34.2 Å². The van der Waals surface area contributed by atoms with E-state index in [4.69, 9.17) is 0 Å². The summed E-state index contributed by atoms with van der Waals surface area (Å²) < 4.78 is 60.6. The second-order valence-electron chi connectivity index (χ2n) is 6.51. The molecule has 0 spiro atoms. The number of alkyl halides is 3. The maximum Gasteiger partial charge on any atom is 0.501 e. The van der Waals surface area contributed by atoms with E-state index in [1.807, 2.05) is 12.3 Å². The molecule has 3 rings (SSSR count). The number of ketones is 1. The lowest BCUT2D eigenvalue weighted by molar-refractivity contribution is -0.117. The molecular weight excluding hydrogens is 473 g/mol. The largest absolute Gasteiger partial charge is 0.501 e. The van der Waals surface area contributed by atoms with E-state index in [1.54, 1.807) is 0 Å². The number of aliphatic hydroxyl groups is 1. The minimum Gasteiger partial charge on any atom is -0.389 e. The maximum atomic E-state index is 12.6. The third-order valence-electron chi connectivity index (χ3n) is 4.28. The maximum absolute atomic E-state index is 12.6. The van der Waals surface area contributed by atoms with Crippen LogP contribution in [0.2, 0.25) is 0 Å². The van der Waals surface area contributed by atoms with Crippen LogP contribution >= 0.6 is 22.7 Å². The summed E-state index contributed by atoms with van der Waals surface area (Å²) in [5, 5.41) is 12.3. The molecule has 1 aromatic carbocycles. The number of aryl methyl sites for hydroxylation is 1. The molecule has 0 aliphatic rings. The number of halogens is 3. The number of nitrogens with zero attached hydrogens (tertiary/aromatic N) is 2. The molecule has 0 fully saturated rings. The third kappa shape index (κ3) is 5.20. The van der Waals surface area contributed by atoms with Crippen molar-refractivity contribution in [1.29, 1.82) is 0 Å². The predicted molar refractivity (Wildman–Crippen MR) is 111 cm³/mol. The van der Waals surface area contributed by atoms with Gasteiger partial charge in [-0.1, -0.05) is 19.1 Å². The molecule has 31 heavy (non-hydrogen) atoms. The second kappa shape index (κ2) is 9.15. The Kier molecular flexibility index (Phi) is 6.94. The Morgan fingerprint density at radius 2 is 1.77 bits per heavy atom. The Balaban J connectivity index is 1.68. The lowest BCUT2D eigenvalue weighted by Gasteiger charge is -2.08. The lowest BCUT2D eigenvalue weighted by Crippen LogP contribution is -2.23. The van der Waals surface area contributed by atoms with Crippen molar-refractivity contribution >= 4 is 38.3 Å². The second-order valence-corrected chi connectivity index (χ2v) is 10.5. The van der Waals surface area contributed by atoms with Gasteiger partial charge in [0.2, 0.25) is 0 Å². The van der Waals surface area contributed by atoms with Crippen molar-refractivity contribution in [2.45, 2.75) is 43.2 Å². The lowest BCUT2D eigenvalue weighted by atomic mass is 10.1. The number of aromatic nitrogens is 2. The summed E-state index contributed by atoms with van der Waals surface area (Å²) in [4.78, 5) is 21.2. The van der Waals surface area contributed by atoms with Gasteiger partial charge in [-0.05, 0) is 24.1 Å². The van der Waals surface area contributed by atoms with Gasteiger partial charge < -0.3 is 5.11 Å². The van der Waals surface area contributed by atoms with Gasteiger partial charge in [0.1, 0.15) is 15.8 Å². The average molecular weight is 491 g/mol. The molecular formula is C19H17F3N2O4S3. The molecule has 0 saturated heterocycles. The minimum atomic E-state index is -5.41. The van der Waals surface area contributed by atoms with Crippen LogP contribution < -0.4 is 0 Å². The Morgan fingerprint density at radius 3 is 2.35 bits per heavy atom. The van der Waals surface area contributed by atoms with Crippen LogP contribution in [0, 0.1) is 0 Å². The number of thiazole rings is 2. The standard InChI is InChI=1S/C19H17F3N2O4S3/c1-2-14-18(30-17(9-25)23-14)15-10-29-16(24-15)8-12(26)7-11-3-5-13(6-4-11)31(27,28)19(20,21)22/h3-6,10,25H,2,7-9H2,1H3. The van der Waals surface area contributed by atoms with Crippen LogP contribution in [-0.2, 0) is 40.5 Å². The van der Waals surface area contributed by atoms with Crippen LogP contribution in [0.3, 0.4) is 0 Å². The van der Waals surface area contributed by atoms with Crippen molar-refractivity contribution in [1.82, 2.24) is 9.97 Å². The number of aliphatic hydroxyl groups excluding tert-OH is 1. The normalized spacial score (nSPS) is 12.3. The molecule has 0 bridgehead atoms. The van der Waals surface area contributed by atoms with Gasteiger partial charge in [-0.15, -0.1) is 22.7 Å². The third-order valence-corrected chi connectivity index (χ3v) is 7.74. The molecule has 3 aromatic rings. The molecule has 0 unspecified atom stereocenters. The molecule has 1 N–H and O–H groups in total. The Hall–Kier alpha value is -2.15. The first-order valence-electron chi connectivity index (χ1n) is 9.01. The van der Waals surface area contributed by atoms with Gasteiger partial charge in [0.15, 0.2) is 0 Å². The zero-order valence-electron chi connectivity index (χ0n) is 16.1. The number of benzene rings is 1. The van der Waals surface area contributed by atoms with E-state index in [9.17, 15) is 31.5 Å². The van der Waals surface area contributed by atoms with Gasteiger partial charge >= 0.3 is 5.51 Å². The molecule has 0 aliphatic heterocycles. The highest BCUT2D eigenvalue weighted by molar-refractivity contribution is 7.92. The number of hydrogen-bond acceptors (Lipinski definition) is 8. The van der Waals surface area contributed by atoms with Gasteiger partial charge in [-0.2, -0.15) is 13.2 Å². The number of hydrogen-bond donors (Lipinski definition) is 1. The molecule has 0 atom stereocenters. The molecule has 6 nitrogen and oxygen atoms in total. The zero-order valence-corrected chi connectivity index (χ0v) is 18.6. The molecule has 0 saturated carbocycles. The van der Waals surface area contributed by atoms with E-state index < -0.39 is 20.2 Å². The first-order valence-corrected chi connectivity index (χ1v) is 12.2. The summed E-state index contributed by atoms with van der Waals surface area (Å²) >= 11 is 2.65. The highest BCUT2D eigenvalue weighted by Crippen LogP contribution is 2.32. The van der Waals surface area contributed by atoms with Crippen molar-refractivity contribution in [3.05, 3.63) is 50.9 Å². The molecule has 12 heteroatoms. The smallest absolute Gasteiger partial charge is 0.389 e. The molecule has 0 aliphatic carbocycles. The monoisotopic (exact) mass is 490 g/mol. The van der Waals surface area contributed by atoms with Crippen LogP contribution in [0.5, 0.6) is 0 Å². The van der Waals surface area contributed by atoms with E-state index in [0.29, 0.717) is 27.7 Å². The summed E-state index contributed by atoms with van der Waals surface area (Å²) in [6.45, 7) is 1.79. The van der Waals surface area contributed by atoms with Crippen LogP contribution in [0.15, 0.2) is 34.5 Å². The molecule has 2 aromatic heterocycles. The van der Waals surface area contributed by atoms with E-state index in [-0.39, 0.29) is 25.2 Å². The molecule has 2 heterocycles. The van der Waals surface area contributed by atoms with Crippen molar-refractivity contribution < 1.29 is 31.5 Å². The van der Waals surface area contributed by atoms with Crippen LogP contribution in [0.25, 0.3) is 10.6 Å². The molecule has 0 amide bonds. The number of rotatable bonds is 8. The fraction of sp³-hybridized carbons (Fsp3) is 0.316. The van der Waals surface area contributed by atoms with E-state index in [0.717, 1.165) is 22.7 Å². The minimum absolute atomic E-state index is 0.0421. The fourth-order valence-corrected chi connectivity index (χ4v) is 5.41. The van der Waals surface area contributed by atoms with E-state index in [2.05, 4.69) is 9.97 Å². The summed E-state index contributed by atoms with van der Waals surface area (Å²) in [6.07, 6.45) is 0.661. The zero-order chi connectivity index (χ0) is 22.8. The van der Waals surface area contributed by atoms with Gasteiger partial charge in [0.25, 0.3) is 9.84 Å². The van der Waals surface area contributed by atoms with Crippen molar-refractivity contribution in [2.75, 3.05) is 0 Å². The predicted octanol–water partition coefficient (Wildman–Crippen LogP) is 3.97. The SMILES string of the molecule is CCc1nc(CO)sc1-c1csc(CC(=O)Cc2ccc(S(=O)(=O)C(F)(F)F)cc2)n1. The highest BCUT2D eigenvalue weighted by Gasteiger charge is 2.46. The van der Waals surface area contributed by atoms with Gasteiger partial charge in [0, 0.05) is 11.8 Å². The molecule has 0 radical (unpaired) electrons. The fourth-order valence-electron chi connectivity index (χ4n) is 2.78. The average Bonchev–Trinajstić information content (AvgIpc) is 3.33. The van der Waals surface area contributed by atoms with Crippen LogP contribution in [0.1, 0.15) is 28.2 Å². The van der Waals surface area contributed by atoms with Crippen LogP contribution in [0.4, 0.5) is 13.2 Å². The van der Waals surface area contributed by atoms with Gasteiger partial charge in [-0.3, -0.25) is 4.79 Å². The summed E-state index contributed by atoms with van der Waals surface area (Å²) in [5.41, 5.74) is -3.46. The quantitative estimate of drug-likeness (QED) is 0.513. The van der Waals surface area contributed by atoms with Crippen LogP contribution in [-0.4, -0.2) is 34.8 Å². The van der Waals surface area contributed by atoms with E-state index >= 15 is 0 Å². The topological polar surface area (TPSA) is 97.2 Å². The number of carbonyl (C=O) groups excluding carboxylic acids is 1. The highest BCUT2D eigenvalue weighted by atomic mass is 32.2. The number of sulfone groups is 1. The summed E-state index contributed by atoms with van der Waals surface area (Å²) in [6, 6.07) is 4.10. The molecule has 166 valence electrons.